The molecule has 0 radical (unpaired) electrons. The Morgan fingerprint density at radius 1 is 1.00 bits per heavy atom. The van der Waals surface area contributed by atoms with Crippen LogP contribution in [-0.4, -0.2) is 7.11 Å². The van der Waals surface area contributed by atoms with E-state index < -0.39 is 6.11 Å². The highest BCUT2D eigenvalue weighted by atomic mass is 19.3. The molecule has 0 saturated carbocycles. The van der Waals surface area contributed by atoms with Gasteiger partial charge in [0.05, 0.1) is 18.4 Å². The van der Waals surface area contributed by atoms with Crippen LogP contribution in [-0.2, 0) is 15.6 Å². The van der Waals surface area contributed by atoms with Crippen molar-refractivity contribution >= 4 is 0 Å². The number of hydrogen-bond acceptors (Lipinski definition) is 2. The number of allylic oxidation sites excluding steroid dienone is 4. The zero-order valence-electron chi connectivity index (χ0n) is 11.0. The van der Waals surface area contributed by atoms with Gasteiger partial charge in [0.1, 0.15) is 5.76 Å². The summed E-state index contributed by atoms with van der Waals surface area (Å²) in [6.45, 7) is 1.85. The van der Waals surface area contributed by atoms with Crippen LogP contribution in [0.15, 0.2) is 47.9 Å². The Kier molecular flexibility index (Phi) is 3.88. The number of methoxy groups -OCH3 is 1. The maximum absolute atomic E-state index is 13.9. The van der Waals surface area contributed by atoms with Crippen molar-refractivity contribution in [1.29, 1.82) is 0 Å². The fraction of sp³-hybridized carbons (Fsp3) is 0.333. The van der Waals surface area contributed by atoms with Gasteiger partial charge in [-0.2, -0.15) is 8.78 Å². The second-order valence-electron chi connectivity index (χ2n) is 4.45. The van der Waals surface area contributed by atoms with Gasteiger partial charge in [0, 0.05) is 12.8 Å². The van der Waals surface area contributed by atoms with Crippen molar-refractivity contribution in [2.24, 2.45) is 0 Å². The third-order valence-electron chi connectivity index (χ3n) is 2.98. The molecule has 1 aromatic rings. The molecule has 0 bridgehead atoms. The molecule has 1 aliphatic carbocycles. The molecular weight excluding hydrogens is 250 g/mol. The Balaban J connectivity index is 2.11. The van der Waals surface area contributed by atoms with E-state index in [4.69, 9.17) is 9.47 Å². The van der Waals surface area contributed by atoms with Crippen LogP contribution in [0.1, 0.15) is 24.0 Å². The Morgan fingerprint density at radius 3 is 2.11 bits per heavy atom. The van der Waals surface area contributed by atoms with Gasteiger partial charge in [-0.3, -0.25) is 0 Å². The minimum Gasteiger partial charge on any atom is -0.501 e. The molecule has 0 N–H and O–H groups in total. The molecule has 0 heterocycles. The monoisotopic (exact) mass is 266 g/mol. The number of hydrogen-bond donors (Lipinski definition) is 0. The maximum Gasteiger partial charge on any atom is 0.426 e. The molecule has 0 amide bonds. The summed E-state index contributed by atoms with van der Waals surface area (Å²) in [6, 6.07) is 6.06. The van der Waals surface area contributed by atoms with Crippen molar-refractivity contribution in [2.75, 3.05) is 7.11 Å². The molecule has 1 aromatic carbocycles. The van der Waals surface area contributed by atoms with E-state index in [1.807, 2.05) is 6.92 Å². The standard InChI is InChI=1S/C15H16F2O2/c1-11-3-5-12(6-4-11)15(16,17)19-14-9-7-13(18-2)8-10-14/h3-7,9H,8,10H2,1-2H3. The summed E-state index contributed by atoms with van der Waals surface area (Å²) in [5.41, 5.74) is 0.796. The molecule has 0 aromatic heterocycles. The van der Waals surface area contributed by atoms with E-state index in [9.17, 15) is 8.78 Å². The lowest BCUT2D eigenvalue weighted by atomic mass is 10.1. The van der Waals surface area contributed by atoms with E-state index >= 15 is 0 Å². The van der Waals surface area contributed by atoms with Crippen molar-refractivity contribution in [3.05, 3.63) is 59.1 Å². The van der Waals surface area contributed by atoms with Gasteiger partial charge in [-0.05, 0) is 31.2 Å². The van der Waals surface area contributed by atoms with Gasteiger partial charge >= 0.3 is 6.11 Å². The van der Waals surface area contributed by atoms with Crippen molar-refractivity contribution in [1.82, 2.24) is 0 Å². The third kappa shape index (κ3) is 3.34. The Hall–Kier alpha value is -1.84. The molecule has 19 heavy (non-hydrogen) atoms. The number of halogens is 2. The average molecular weight is 266 g/mol. The molecule has 4 heteroatoms. The smallest absolute Gasteiger partial charge is 0.426 e. The van der Waals surface area contributed by atoms with Crippen LogP contribution in [0.5, 0.6) is 0 Å². The molecule has 0 spiro atoms. The highest BCUT2D eigenvalue weighted by Gasteiger charge is 2.35. The normalized spacial score (nSPS) is 15.6. The van der Waals surface area contributed by atoms with Gasteiger partial charge < -0.3 is 9.47 Å². The van der Waals surface area contributed by atoms with E-state index in [1.165, 1.54) is 18.2 Å². The molecule has 1 aliphatic rings. The summed E-state index contributed by atoms with van der Waals surface area (Å²) >= 11 is 0. The zero-order chi connectivity index (χ0) is 13.9. The highest BCUT2D eigenvalue weighted by Crippen LogP contribution is 2.34. The fourth-order valence-corrected chi connectivity index (χ4v) is 1.83. The van der Waals surface area contributed by atoms with E-state index in [-0.39, 0.29) is 11.3 Å². The molecule has 2 rings (SSSR count). The number of benzene rings is 1. The van der Waals surface area contributed by atoms with Crippen LogP contribution >= 0.6 is 0 Å². The Morgan fingerprint density at radius 2 is 1.58 bits per heavy atom. The third-order valence-corrected chi connectivity index (χ3v) is 2.98. The molecule has 0 atom stereocenters. The van der Waals surface area contributed by atoms with Crippen LogP contribution in [0.2, 0.25) is 0 Å². The predicted molar refractivity (Wildman–Crippen MR) is 68.6 cm³/mol. The number of ether oxygens (including phenoxy) is 2. The topological polar surface area (TPSA) is 18.5 Å². The summed E-state index contributed by atoms with van der Waals surface area (Å²) in [5, 5.41) is 0. The van der Waals surface area contributed by atoms with Crippen LogP contribution in [0, 0.1) is 6.92 Å². The van der Waals surface area contributed by atoms with Gasteiger partial charge in [-0.1, -0.05) is 17.7 Å². The molecule has 102 valence electrons. The number of aryl methyl sites for hydroxylation is 1. The van der Waals surface area contributed by atoms with Crippen molar-refractivity contribution in [3.8, 4) is 0 Å². The van der Waals surface area contributed by atoms with E-state index in [2.05, 4.69) is 0 Å². The molecule has 0 aliphatic heterocycles. The SMILES string of the molecule is COC1=CC=C(OC(F)(F)c2ccc(C)cc2)CC1. The molecule has 0 fully saturated rings. The van der Waals surface area contributed by atoms with Gasteiger partial charge in [0.2, 0.25) is 0 Å². The van der Waals surface area contributed by atoms with Crippen LogP contribution in [0.3, 0.4) is 0 Å². The first-order valence-corrected chi connectivity index (χ1v) is 6.09. The molecule has 0 unspecified atom stereocenters. The molecular formula is C15H16F2O2. The fourth-order valence-electron chi connectivity index (χ4n) is 1.83. The second kappa shape index (κ2) is 5.43. The molecule has 2 nitrogen and oxygen atoms in total. The largest absolute Gasteiger partial charge is 0.501 e. The lowest BCUT2D eigenvalue weighted by Crippen LogP contribution is -2.18. The van der Waals surface area contributed by atoms with Crippen LogP contribution in [0.25, 0.3) is 0 Å². The lowest BCUT2D eigenvalue weighted by molar-refractivity contribution is -0.225. The van der Waals surface area contributed by atoms with Crippen molar-refractivity contribution < 1.29 is 18.3 Å². The van der Waals surface area contributed by atoms with Gasteiger partial charge in [0.15, 0.2) is 0 Å². The number of rotatable bonds is 4. The summed E-state index contributed by atoms with van der Waals surface area (Å²) in [5.74, 6) is 1.04. The van der Waals surface area contributed by atoms with Crippen molar-refractivity contribution in [3.63, 3.8) is 0 Å². The minimum atomic E-state index is -3.31. The maximum atomic E-state index is 13.9. The van der Waals surface area contributed by atoms with E-state index in [0.717, 1.165) is 11.3 Å². The van der Waals surface area contributed by atoms with Crippen LogP contribution in [0.4, 0.5) is 8.78 Å². The first-order chi connectivity index (χ1) is 9.01. The summed E-state index contributed by atoms with van der Waals surface area (Å²) < 4.78 is 37.7. The second-order valence-corrected chi connectivity index (χ2v) is 4.45. The predicted octanol–water partition coefficient (Wildman–Crippen LogP) is 4.27. The zero-order valence-corrected chi connectivity index (χ0v) is 11.0. The quantitative estimate of drug-likeness (QED) is 0.810. The van der Waals surface area contributed by atoms with E-state index in [0.29, 0.717) is 12.8 Å². The Labute approximate surface area is 111 Å². The summed E-state index contributed by atoms with van der Waals surface area (Å²) in [7, 11) is 1.56. The molecule has 0 saturated heterocycles. The number of alkyl halides is 2. The average Bonchev–Trinajstić information content (AvgIpc) is 2.40. The summed E-state index contributed by atoms with van der Waals surface area (Å²) in [4.78, 5) is 0. The van der Waals surface area contributed by atoms with Gasteiger partial charge in [-0.15, -0.1) is 0 Å². The Bertz CT molecular complexity index is 501. The van der Waals surface area contributed by atoms with Gasteiger partial charge in [0.25, 0.3) is 0 Å². The first kappa shape index (κ1) is 13.6. The van der Waals surface area contributed by atoms with Crippen molar-refractivity contribution in [2.45, 2.75) is 25.9 Å². The van der Waals surface area contributed by atoms with Gasteiger partial charge in [-0.25, -0.2) is 0 Å². The van der Waals surface area contributed by atoms with E-state index in [1.54, 1.807) is 25.3 Å². The lowest BCUT2D eigenvalue weighted by Gasteiger charge is -2.22. The summed E-state index contributed by atoms with van der Waals surface area (Å²) in [6.07, 6.45) is 0.875. The first-order valence-electron chi connectivity index (χ1n) is 6.09. The van der Waals surface area contributed by atoms with Crippen LogP contribution < -0.4 is 0 Å². The highest BCUT2D eigenvalue weighted by molar-refractivity contribution is 5.25. The minimum absolute atomic E-state index is 0.138.